The summed E-state index contributed by atoms with van der Waals surface area (Å²) in [5.74, 6) is -0.0652. The summed E-state index contributed by atoms with van der Waals surface area (Å²) in [4.78, 5) is 35.5. The summed E-state index contributed by atoms with van der Waals surface area (Å²) in [5, 5.41) is 0. The van der Waals surface area contributed by atoms with Crippen LogP contribution in [0.4, 0.5) is 0 Å². The fourth-order valence-electron chi connectivity index (χ4n) is 2.75. The molecule has 3 rings (SSSR count). The SMILES string of the molecule is CCc1cnc(OC2CCCN(C(=O)c3ccc(C(C)=O)s3)C2)nc1. The van der Waals surface area contributed by atoms with Gasteiger partial charge in [-0.3, -0.25) is 9.59 Å². The van der Waals surface area contributed by atoms with Crippen molar-refractivity contribution in [3.8, 4) is 6.01 Å². The zero-order valence-corrected chi connectivity index (χ0v) is 15.2. The van der Waals surface area contributed by atoms with Crippen LogP contribution in [0.5, 0.6) is 6.01 Å². The number of aromatic nitrogens is 2. The number of likely N-dealkylation sites (tertiary alicyclic amines) is 1. The third kappa shape index (κ3) is 4.22. The van der Waals surface area contributed by atoms with Gasteiger partial charge in [-0.15, -0.1) is 11.3 Å². The van der Waals surface area contributed by atoms with Crippen LogP contribution in [0.25, 0.3) is 0 Å². The van der Waals surface area contributed by atoms with Gasteiger partial charge in [-0.25, -0.2) is 9.97 Å². The summed E-state index contributed by atoms with van der Waals surface area (Å²) in [5.41, 5.74) is 1.06. The molecule has 1 amide bonds. The largest absolute Gasteiger partial charge is 0.458 e. The number of hydrogen-bond donors (Lipinski definition) is 0. The highest BCUT2D eigenvalue weighted by molar-refractivity contribution is 7.15. The first-order valence-corrected chi connectivity index (χ1v) is 9.26. The van der Waals surface area contributed by atoms with Crippen LogP contribution in [-0.2, 0) is 6.42 Å². The van der Waals surface area contributed by atoms with E-state index < -0.39 is 0 Å². The number of carbonyl (C=O) groups excluding carboxylic acids is 2. The average molecular weight is 359 g/mol. The normalized spacial score (nSPS) is 17.4. The molecule has 0 spiro atoms. The average Bonchev–Trinajstić information content (AvgIpc) is 3.12. The Morgan fingerprint density at radius 1 is 1.28 bits per heavy atom. The van der Waals surface area contributed by atoms with Gasteiger partial charge in [0.25, 0.3) is 5.91 Å². The Labute approximate surface area is 150 Å². The van der Waals surface area contributed by atoms with Gasteiger partial charge in [-0.05, 0) is 43.9 Å². The Morgan fingerprint density at radius 3 is 2.64 bits per heavy atom. The van der Waals surface area contributed by atoms with Crippen molar-refractivity contribution < 1.29 is 14.3 Å². The molecule has 0 saturated carbocycles. The highest BCUT2D eigenvalue weighted by Crippen LogP contribution is 2.22. The molecule has 0 aromatic carbocycles. The predicted molar refractivity (Wildman–Crippen MR) is 95.3 cm³/mol. The summed E-state index contributed by atoms with van der Waals surface area (Å²) < 4.78 is 5.85. The van der Waals surface area contributed by atoms with E-state index in [9.17, 15) is 9.59 Å². The minimum atomic E-state index is -0.114. The Morgan fingerprint density at radius 2 is 2.00 bits per heavy atom. The maximum atomic E-state index is 12.7. The molecule has 1 saturated heterocycles. The third-order valence-electron chi connectivity index (χ3n) is 4.19. The van der Waals surface area contributed by atoms with E-state index in [0.717, 1.165) is 24.8 Å². The molecule has 3 heterocycles. The first-order valence-electron chi connectivity index (χ1n) is 8.44. The van der Waals surface area contributed by atoms with E-state index in [1.54, 1.807) is 29.4 Å². The maximum absolute atomic E-state index is 12.7. The molecule has 0 N–H and O–H groups in total. The van der Waals surface area contributed by atoms with Crippen LogP contribution in [0.15, 0.2) is 24.5 Å². The van der Waals surface area contributed by atoms with Gasteiger partial charge in [-0.1, -0.05) is 6.92 Å². The van der Waals surface area contributed by atoms with E-state index in [1.807, 2.05) is 6.92 Å². The summed E-state index contributed by atoms with van der Waals surface area (Å²) in [7, 11) is 0. The lowest BCUT2D eigenvalue weighted by Crippen LogP contribution is -2.44. The zero-order chi connectivity index (χ0) is 17.8. The third-order valence-corrected chi connectivity index (χ3v) is 5.37. The van der Waals surface area contributed by atoms with Crippen LogP contribution in [-0.4, -0.2) is 45.8 Å². The molecular formula is C18H21N3O3S. The zero-order valence-electron chi connectivity index (χ0n) is 14.4. The molecule has 0 bridgehead atoms. The van der Waals surface area contributed by atoms with Gasteiger partial charge in [0.2, 0.25) is 0 Å². The number of carbonyl (C=O) groups is 2. The van der Waals surface area contributed by atoms with E-state index in [4.69, 9.17) is 4.74 Å². The molecule has 1 unspecified atom stereocenters. The van der Waals surface area contributed by atoms with Crippen molar-refractivity contribution in [1.29, 1.82) is 0 Å². The van der Waals surface area contributed by atoms with E-state index >= 15 is 0 Å². The molecule has 6 nitrogen and oxygen atoms in total. The van der Waals surface area contributed by atoms with E-state index in [2.05, 4.69) is 9.97 Å². The van der Waals surface area contributed by atoms with Gasteiger partial charge in [0.05, 0.1) is 16.3 Å². The van der Waals surface area contributed by atoms with E-state index in [-0.39, 0.29) is 17.8 Å². The Kier molecular flexibility index (Phi) is 5.43. The minimum absolute atomic E-state index is 0.0171. The lowest BCUT2D eigenvalue weighted by molar-refractivity contribution is 0.0520. The summed E-state index contributed by atoms with van der Waals surface area (Å²) in [6.07, 6.45) is 6.04. The van der Waals surface area contributed by atoms with Gasteiger partial charge in [0.15, 0.2) is 5.78 Å². The fourth-order valence-corrected chi connectivity index (χ4v) is 3.62. The highest BCUT2D eigenvalue weighted by atomic mass is 32.1. The molecule has 132 valence electrons. The molecule has 1 aliphatic rings. The number of amides is 1. The van der Waals surface area contributed by atoms with Crippen LogP contribution >= 0.6 is 11.3 Å². The number of thiophene rings is 1. The molecule has 1 fully saturated rings. The second kappa shape index (κ2) is 7.74. The van der Waals surface area contributed by atoms with Crippen molar-refractivity contribution in [2.24, 2.45) is 0 Å². The first-order chi connectivity index (χ1) is 12.1. The van der Waals surface area contributed by atoms with Gasteiger partial charge in [-0.2, -0.15) is 0 Å². The fraction of sp³-hybridized carbons (Fsp3) is 0.444. The lowest BCUT2D eigenvalue weighted by atomic mass is 10.1. The lowest BCUT2D eigenvalue weighted by Gasteiger charge is -2.32. The number of ether oxygens (including phenoxy) is 1. The number of aryl methyl sites for hydroxylation is 1. The number of Topliss-reactive ketones (excluding diaryl/α,β-unsaturated/α-hetero) is 1. The van der Waals surface area contributed by atoms with Crippen LogP contribution in [0.1, 0.15) is 51.6 Å². The molecule has 2 aromatic heterocycles. The quantitative estimate of drug-likeness (QED) is 0.768. The molecule has 2 aromatic rings. The molecule has 1 aliphatic heterocycles. The smallest absolute Gasteiger partial charge is 0.316 e. The van der Waals surface area contributed by atoms with Crippen molar-refractivity contribution in [1.82, 2.24) is 14.9 Å². The molecule has 7 heteroatoms. The summed E-state index contributed by atoms with van der Waals surface area (Å²) in [6.45, 7) is 4.76. The standard InChI is InChI=1S/C18H21N3O3S/c1-3-13-9-19-18(20-10-13)24-14-5-4-8-21(11-14)17(23)16-7-6-15(25-16)12(2)22/h6-7,9-10,14H,3-5,8,11H2,1-2H3. The number of hydrogen-bond acceptors (Lipinski definition) is 6. The molecule has 25 heavy (non-hydrogen) atoms. The molecule has 0 aliphatic carbocycles. The van der Waals surface area contributed by atoms with Crippen molar-refractivity contribution in [3.63, 3.8) is 0 Å². The predicted octanol–water partition coefficient (Wildman–Crippen LogP) is 2.99. The van der Waals surface area contributed by atoms with E-state index in [0.29, 0.717) is 28.9 Å². The Bertz CT molecular complexity index is 757. The van der Waals surface area contributed by atoms with Crippen LogP contribution in [0.2, 0.25) is 0 Å². The number of nitrogens with zero attached hydrogens (tertiary/aromatic N) is 3. The van der Waals surface area contributed by atoms with Gasteiger partial charge in [0.1, 0.15) is 6.10 Å². The van der Waals surface area contributed by atoms with Crippen molar-refractivity contribution in [2.75, 3.05) is 13.1 Å². The topological polar surface area (TPSA) is 72.4 Å². The number of piperidine rings is 1. The minimum Gasteiger partial charge on any atom is -0.458 e. The summed E-state index contributed by atoms with van der Waals surface area (Å²) >= 11 is 1.25. The molecule has 1 atom stereocenters. The van der Waals surface area contributed by atoms with Crippen molar-refractivity contribution >= 4 is 23.0 Å². The highest BCUT2D eigenvalue weighted by Gasteiger charge is 2.27. The van der Waals surface area contributed by atoms with E-state index in [1.165, 1.54) is 18.3 Å². The van der Waals surface area contributed by atoms with Crippen molar-refractivity contribution in [3.05, 3.63) is 39.8 Å². The van der Waals surface area contributed by atoms with Crippen LogP contribution in [0.3, 0.4) is 0 Å². The number of ketones is 1. The Hall–Kier alpha value is -2.28. The molecular weight excluding hydrogens is 338 g/mol. The monoisotopic (exact) mass is 359 g/mol. The summed E-state index contributed by atoms with van der Waals surface area (Å²) in [6, 6.07) is 3.79. The van der Waals surface area contributed by atoms with Crippen LogP contribution < -0.4 is 4.74 Å². The van der Waals surface area contributed by atoms with Crippen molar-refractivity contribution in [2.45, 2.75) is 39.2 Å². The van der Waals surface area contributed by atoms with Gasteiger partial charge >= 0.3 is 6.01 Å². The molecule has 0 radical (unpaired) electrons. The number of rotatable bonds is 5. The van der Waals surface area contributed by atoms with Crippen LogP contribution in [0, 0.1) is 0 Å². The maximum Gasteiger partial charge on any atom is 0.316 e. The second-order valence-electron chi connectivity index (χ2n) is 6.08. The Balaban J connectivity index is 1.63. The second-order valence-corrected chi connectivity index (χ2v) is 7.16. The van der Waals surface area contributed by atoms with Gasteiger partial charge in [0, 0.05) is 18.9 Å². The van der Waals surface area contributed by atoms with Gasteiger partial charge < -0.3 is 9.64 Å². The first kappa shape index (κ1) is 17.5.